The lowest BCUT2D eigenvalue weighted by molar-refractivity contribution is -0.150. The molecule has 0 spiro atoms. The van der Waals surface area contributed by atoms with Crippen molar-refractivity contribution in [2.75, 3.05) is 0 Å². The summed E-state index contributed by atoms with van der Waals surface area (Å²) in [5.41, 5.74) is 2.30. The molecule has 2 aliphatic rings. The van der Waals surface area contributed by atoms with Crippen LogP contribution in [-0.2, 0) is 14.3 Å². The van der Waals surface area contributed by atoms with Gasteiger partial charge in [-0.2, -0.15) is 0 Å². The Labute approximate surface area is 173 Å². The van der Waals surface area contributed by atoms with E-state index >= 15 is 0 Å². The van der Waals surface area contributed by atoms with E-state index in [1.807, 2.05) is 49.7 Å². The molecule has 3 atom stereocenters. The van der Waals surface area contributed by atoms with E-state index in [0.717, 1.165) is 22.7 Å². The smallest absolute Gasteiger partial charge is 0.315 e. The summed E-state index contributed by atoms with van der Waals surface area (Å²) in [4.78, 5) is 33.2. The molecule has 2 aromatic rings. The molecule has 0 saturated carbocycles. The van der Waals surface area contributed by atoms with Gasteiger partial charge in [0.25, 0.3) is 0 Å². The fourth-order valence-corrected chi connectivity index (χ4v) is 5.87. The van der Waals surface area contributed by atoms with Crippen LogP contribution in [0.1, 0.15) is 55.2 Å². The number of aliphatic imine (C=N–C) groups is 1. The number of thiophene rings is 2. The molecule has 1 aliphatic carbocycles. The number of ketones is 1. The highest BCUT2D eigenvalue weighted by molar-refractivity contribution is 7.10. The quantitative estimate of drug-likeness (QED) is 0.636. The second-order valence-electron chi connectivity index (χ2n) is 7.61. The van der Waals surface area contributed by atoms with Gasteiger partial charge in [-0.05, 0) is 50.1 Å². The summed E-state index contributed by atoms with van der Waals surface area (Å²) >= 11 is 3.27. The molecule has 0 fully saturated rings. The van der Waals surface area contributed by atoms with Crippen molar-refractivity contribution in [3.05, 3.63) is 56.1 Å². The number of hydrogen-bond donors (Lipinski definition) is 0. The zero-order valence-electron chi connectivity index (χ0n) is 16.2. The zero-order valence-corrected chi connectivity index (χ0v) is 17.8. The van der Waals surface area contributed by atoms with Gasteiger partial charge in [0.05, 0.1) is 6.10 Å². The van der Waals surface area contributed by atoms with Crippen LogP contribution in [0.4, 0.5) is 0 Å². The standard InChI is InChI=1S/C22H23NO3S2/c1-12(2)26-22(25)19-13(3)23-15-10-14(17-6-4-8-27-17)11-16(24)20(15)21(19)18-7-5-9-28-18/h4-9,12,14,19,21H,10-11H2,1-3H3/t14-,19?,21-/m0/s1. The highest BCUT2D eigenvalue weighted by Gasteiger charge is 2.45. The lowest BCUT2D eigenvalue weighted by atomic mass is 9.72. The number of hydrogen-bond acceptors (Lipinski definition) is 6. The number of esters is 1. The molecule has 1 aliphatic heterocycles. The molecular weight excluding hydrogens is 390 g/mol. The molecule has 1 unspecified atom stereocenters. The minimum absolute atomic E-state index is 0.108. The molecule has 28 heavy (non-hydrogen) atoms. The number of carbonyl (C=O) groups excluding carboxylic acids is 2. The van der Waals surface area contributed by atoms with E-state index in [1.165, 1.54) is 4.88 Å². The van der Waals surface area contributed by atoms with Crippen LogP contribution in [0.25, 0.3) is 0 Å². The summed E-state index contributed by atoms with van der Waals surface area (Å²) in [6.07, 6.45) is 1.01. The second kappa shape index (κ2) is 7.76. The molecule has 2 aromatic heterocycles. The van der Waals surface area contributed by atoms with Crippen molar-refractivity contribution in [3.63, 3.8) is 0 Å². The summed E-state index contributed by atoms with van der Waals surface area (Å²) in [7, 11) is 0. The molecule has 3 heterocycles. The van der Waals surface area contributed by atoms with Crippen molar-refractivity contribution >= 4 is 40.1 Å². The normalized spacial score (nSPS) is 24.9. The number of nitrogens with zero attached hydrogens (tertiary/aromatic N) is 1. The van der Waals surface area contributed by atoms with Crippen LogP contribution in [0, 0.1) is 5.92 Å². The second-order valence-corrected chi connectivity index (χ2v) is 9.57. The fourth-order valence-electron chi connectivity index (χ4n) is 4.17. The predicted molar refractivity (Wildman–Crippen MR) is 113 cm³/mol. The Hall–Kier alpha value is -2.05. The molecule has 4 rings (SSSR count). The maximum absolute atomic E-state index is 13.3. The SMILES string of the molecule is CC1=NC2=C(C(=O)C[C@@H](c3cccs3)C2)[C@@H](c2cccs2)C1C(=O)OC(C)C. The van der Waals surface area contributed by atoms with E-state index in [0.29, 0.717) is 12.0 Å². The summed E-state index contributed by atoms with van der Waals surface area (Å²) in [5, 5.41) is 4.04. The van der Waals surface area contributed by atoms with Crippen molar-refractivity contribution in [1.29, 1.82) is 0 Å². The van der Waals surface area contributed by atoms with Gasteiger partial charge in [-0.15, -0.1) is 22.7 Å². The first-order valence-corrected chi connectivity index (χ1v) is 11.3. The van der Waals surface area contributed by atoms with Crippen LogP contribution < -0.4 is 0 Å². The average molecular weight is 414 g/mol. The van der Waals surface area contributed by atoms with E-state index in [2.05, 4.69) is 6.07 Å². The predicted octanol–water partition coefficient (Wildman–Crippen LogP) is 5.34. The Kier molecular flexibility index (Phi) is 5.34. The van der Waals surface area contributed by atoms with Crippen LogP contribution in [0.2, 0.25) is 0 Å². The fraction of sp³-hybridized carbons (Fsp3) is 0.409. The van der Waals surface area contributed by atoms with Gasteiger partial charge in [-0.3, -0.25) is 14.6 Å². The van der Waals surface area contributed by atoms with E-state index in [9.17, 15) is 9.59 Å². The van der Waals surface area contributed by atoms with Crippen molar-refractivity contribution in [2.45, 2.75) is 51.6 Å². The Morgan fingerprint density at radius 1 is 1.14 bits per heavy atom. The third-order valence-corrected chi connectivity index (χ3v) is 7.28. The maximum atomic E-state index is 13.3. The maximum Gasteiger partial charge on any atom is 0.315 e. The van der Waals surface area contributed by atoms with Crippen molar-refractivity contribution < 1.29 is 14.3 Å². The Morgan fingerprint density at radius 3 is 2.43 bits per heavy atom. The topological polar surface area (TPSA) is 55.7 Å². The average Bonchev–Trinajstić information content (AvgIpc) is 3.33. The molecule has 4 nitrogen and oxygen atoms in total. The van der Waals surface area contributed by atoms with Crippen molar-refractivity contribution in [2.24, 2.45) is 10.9 Å². The molecule has 0 radical (unpaired) electrons. The van der Waals surface area contributed by atoms with E-state index in [-0.39, 0.29) is 29.7 Å². The molecule has 0 saturated heterocycles. The summed E-state index contributed by atoms with van der Waals surface area (Å²) in [6.45, 7) is 5.57. The summed E-state index contributed by atoms with van der Waals surface area (Å²) < 4.78 is 5.54. The number of rotatable bonds is 4. The van der Waals surface area contributed by atoms with E-state index < -0.39 is 5.92 Å². The van der Waals surface area contributed by atoms with Crippen LogP contribution in [-0.4, -0.2) is 23.6 Å². The third-order valence-electron chi connectivity index (χ3n) is 5.29. The van der Waals surface area contributed by atoms with Crippen molar-refractivity contribution in [3.8, 4) is 0 Å². The first-order valence-electron chi connectivity index (χ1n) is 9.54. The monoisotopic (exact) mass is 413 g/mol. The van der Waals surface area contributed by atoms with Crippen LogP contribution in [0.3, 0.4) is 0 Å². The molecule has 146 valence electrons. The first kappa shape index (κ1) is 19.3. The van der Waals surface area contributed by atoms with Crippen LogP contribution >= 0.6 is 22.7 Å². The number of Topliss-reactive ketones (excluding diaryl/α,β-unsaturated/α-hetero) is 1. The molecule has 0 aromatic carbocycles. The first-order chi connectivity index (χ1) is 13.5. The lowest BCUT2D eigenvalue weighted by Gasteiger charge is -2.35. The minimum atomic E-state index is -0.540. The van der Waals surface area contributed by atoms with Gasteiger partial charge < -0.3 is 4.74 Å². The lowest BCUT2D eigenvalue weighted by Crippen LogP contribution is -2.38. The van der Waals surface area contributed by atoms with Gasteiger partial charge in [-0.1, -0.05) is 12.1 Å². The van der Waals surface area contributed by atoms with Gasteiger partial charge in [0.15, 0.2) is 5.78 Å². The van der Waals surface area contributed by atoms with Gasteiger partial charge in [0.1, 0.15) is 5.92 Å². The molecular formula is C22H23NO3S2. The van der Waals surface area contributed by atoms with E-state index in [4.69, 9.17) is 9.73 Å². The third kappa shape index (κ3) is 3.51. The Bertz CT molecular complexity index is 939. The highest BCUT2D eigenvalue weighted by Crippen LogP contribution is 2.48. The summed E-state index contributed by atoms with van der Waals surface area (Å²) in [6, 6.07) is 8.09. The van der Waals surface area contributed by atoms with Gasteiger partial charge >= 0.3 is 5.97 Å². The Balaban J connectivity index is 1.77. The number of allylic oxidation sites excluding steroid dienone is 2. The highest BCUT2D eigenvalue weighted by atomic mass is 32.1. The van der Waals surface area contributed by atoms with Gasteiger partial charge in [0, 0.05) is 45.0 Å². The van der Waals surface area contributed by atoms with Crippen LogP contribution in [0.15, 0.2) is 51.3 Å². The summed E-state index contributed by atoms with van der Waals surface area (Å²) in [5.74, 6) is -0.852. The van der Waals surface area contributed by atoms with Gasteiger partial charge in [0.2, 0.25) is 0 Å². The van der Waals surface area contributed by atoms with Crippen LogP contribution in [0.5, 0.6) is 0 Å². The number of ether oxygens (including phenoxy) is 1. The van der Waals surface area contributed by atoms with Gasteiger partial charge in [-0.25, -0.2) is 0 Å². The molecule has 0 amide bonds. The molecule has 0 bridgehead atoms. The Morgan fingerprint density at radius 2 is 1.82 bits per heavy atom. The largest absolute Gasteiger partial charge is 0.462 e. The van der Waals surface area contributed by atoms with Crippen molar-refractivity contribution in [1.82, 2.24) is 0 Å². The molecule has 0 N–H and O–H groups in total. The zero-order chi connectivity index (χ0) is 19.8. The van der Waals surface area contributed by atoms with E-state index in [1.54, 1.807) is 22.7 Å². The minimum Gasteiger partial charge on any atom is -0.462 e. The number of carbonyl (C=O) groups is 2. The molecule has 6 heteroatoms.